The number of nitro benzene ring substituents is 1. The number of carbonyl (C=O) groups is 1. The van der Waals surface area contributed by atoms with E-state index in [2.05, 4.69) is 20.5 Å². The predicted octanol–water partition coefficient (Wildman–Crippen LogP) is 2.58. The van der Waals surface area contributed by atoms with Crippen molar-refractivity contribution in [1.82, 2.24) is 10.3 Å². The zero-order valence-electron chi connectivity index (χ0n) is 16.6. The van der Waals surface area contributed by atoms with Crippen molar-refractivity contribution in [2.45, 2.75) is 26.4 Å². The molecule has 1 fully saturated rings. The summed E-state index contributed by atoms with van der Waals surface area (Å²) in [5, 5.41) is 17.3. The number of benzene rings is 1. The van der Waals surface area contributed by atoms with Crippen LogP contribution in [0.5, 0.6) is 0 Å². The first-order valence-electron chi connectivity index (χ1n) is 9.55. The summed E-state index contributed by atoms with van der Waals surface area (Å²) in [6.07, 6.45) is 1.73. The number of nitrogens with one attached hydrogen (secondary N) is 2. The van der Waals surface area contributed by atoms with E-state index in [9.17, 15) is 14.9 Å². The van der Waals surface area contributed by atoms with Gasteiger partial charge in [0.25, 0.3) is 11.6 Å². The largest absolute Gasteiger partial charge is 0.378 e. The van der Waals surface area contributed by atoms with Gasteiger partial charge in [0, 0.05) is 43.5 Å². The summed E-state index contributed by atoms with van der Waals surface area (Å²) in [6.45, 7) is 6.99. The molecule has 0 atom stereocenters. The van der Waals surface area contributed by atoms with Gasteiger partial charge in [-0.15, -0.1) is 0 Å². The summed E-state index contributed by atoms with van der Waals surface area (Å²) in [5.41, 5.74) is 1.44. The third kappa shape index (κ3) is 5.41. The lowest BCUT2D eigenvalue weighted by Crippen LogP contribution is -2.36. The van der Waals surface area contributed by atoms with Crippen molar-refractivity contribution in [2.24, 2.45) is 0 Å². The van der Waals surface area contributed by atoms with Crippen LogP contribution in [0.4, 0.5) is 17.2 Å². The van der Waals surface area contributed by atoms with Gasteiger partial charge in [-0.1, -0.05) is 0 Å². The van der Waals surface area contributed by atoms with E-state index < -0.39 is 4.92 Å². The van der Waals surface area contributed by atoms with Gasteiger partial charge in [0.2, 0.25) is 0 Å². The topological polar surface area (TPSA) is 110 Å². The van der Waals surface area contributed by atoms with Crippen LogP contribution in [0.15, 0.2) is 36.5 Å². The smallest absolute Gasteiger partial charge is 0.293 e. The number of pyridine rings is 1. The number of anilines is 2. The van der Waals surface area contributed by atoms with E-state index in [4.69, 9.17) is 4.74 Å². The van der Waals surface area contributed by atoms with E-state index in [-0.39, 0.29) is 23.2 Å². The number of carbonyl (C=O) groups excluding carboxylic acids is 1. The Balaban J connectivity index is 1.73. The van der Waals surface area contributed by atoms with Gasteiger partial charge in [0.1, 0.15) is 11.5 Å². The molecule has 1 aliphatic rings. The number of nitrogens with zero attached hydrogens (tertiary/aromatic N) is 3. The van der Waals surface area contributed by atoms with Gasteiger partial charge in [-0.05, 0) is 43.7 Å². The highest BCUT2D eigenvalue weighted by atomic mass is 16.6. The lowest BCUT2D eigenvalue weighted by molar-refractivity contribution is -0.384. The van der Waals surface area contributed by atoms with Crippen molar-refractivity contribution in [3.05, 3.63) is 57.8 Å². The van der Waals surface area contributed by atoms with Crippen LogP contribution in [0.3, 0.4) is 0 Å². The Morgan fingerprint density at radius 3 is 2.72 bits per heavy atom. The minimum Gasteiger partial charge on any atom is -0.378 e. The number of morpholine rings is 1. The molecule has 2 heterocycles. The molecule has 2 aromatic rings. The quantitative estimate of drug-likeness (QED) is 0.544. The van der Waals surface area contributed by atoms with Crippen LogP contribution in [0.25, 0.3) is 0 Å². The normalized spacial score (nSPS) is 14.0. The minimum absolute atomic E-state index is 0.0493. The van der Waals surface area contributed by atoms with Crippen LogP contribution >= 0.6 is 0 Å². The first kappa shape index (κ1) is 20.5. The zero-order valence-corrected chi connectivity index (χ0v) is 16.6. The van der Waals surface area contributed by atoms with Crippen molar-refractivity contribution in [1.29, 1.82) is 0 Å². The number of nitro groups is 1. The standard InChI is InChI=1S/C20H25N5O4/c1-14(2)23-20(26)16-3-4-17(18(12-16)25(27)28)22-13-15-5-6-21-19(11-15)24-7-9-29-10-8-24/h3-6,11-12,14,22H,7-10,13H2,1-2H3,(H,23,26). The fraction of sp³-hybridized carbons (Fsp3) is 0.400. The predicted molar refractivity (Wildman–Crippen MR) is 110 cm³/mol. The summed E-state index contributed by atoms with van der Waals surface area (Å²) in [6, 6.07) is 8.23. The molecule has 154 valence electrons. The van der Waals surface area contributed by atoms with E-state index in [0.29, 0.717) is 25.4 Å². The van der Waals surface area contributed by atoms with Gasteiger partial charge in [-0.2, -0.15) is 0 Å². The second-order valence-electron chi connectivity index (χ2n) is 7.09. The SMILES string of the molecule is CC(C)NC(=O)c1ccc(NCc2ccnc(N3CCOCC3)c2)c([N+](=O)[O-])c1. The molecular formula is C20H25N5O4. The molecule has 9 nitrogen and oxygen atoms in total. The molecule has 0 saturated carbocycles. The second kappa shape index (κ2) is 9.33. The summed E-state index contributed by atoms with van der Waals surface area (Å²) in [5.74, 6) is 0.529. The Morgan fingerprint density at radius 1 is 1.28 bits per heavy atom. The van der Waals surface area contributed by atoms with E-state index >= 15 is 0 Å². The molecule has 3 rings (SSSR count). The van der Waals surface area contributed by atoms with Gasteiger partial charge >= 0.3 is 0 Å². The Kier molecular flexibility index (Phi) is 6.61. The van der Waals surface area contributed by atoms with Crippen molar-refractivity contribution in [3.63, 3.8) is 0 Å². The number of rotatable bonds is 7. The fourth-order valence-corrected chi connectivity index (χ4v) is 3.05. The van der Waals surface area contributed by atoms with E-state index in [0.717, 1.165) is 24.5 Å². The molecule has 1 aliphatic heterocycles. The van der Waals surface area contributed by atoms with Crippen LogP contribution in [-0.2, 0) is 11.3 Å². The fourth-order valence-electron chi connectivity index (χ4n) is 3.05. The first-order valence-corrected chi connectivity index (χ1v) is 9.55. The maximum atomic E-state index is 12.1. The van der Waals surface area contributed by atoms with Gasteiger partial charge in [0.05, 0.1) is 18.1 Å². The number of amides is 1. The van der Waals surface area contributed by atoms with Crippen molar-refractivity contribution < 1.29 is 14.5 Å². The monoisotopic (exact) mass is 399 g/mol. The average molecular weight is 399 g/mol. The highest BCUT2D eigenvalue weighted by Gasteiger charge is 2.18. The molecular weight excluding hydrogens is 374 g/mol. The zero-order chi connectivity index (χ0) is 20.8. The van der Waals surface area contributed by atoms with Crippen LogP contribution < -0.4 is 15.5 Å². The highest BCUT2D eigenvalue weighted by molar-refractivity contribution is 5.95. The molecule has 0 spiro atoms. The number of ether oxygens (including phenoxy) is 1. The molecule has 0 aliphatic carbocycles. The summed E-state index contributed by atoms with van der Waals surface area (Å²) >= 11 is 0. The van der Waals surface area contributed by atoms with Gasteiger partial charge in [0.15, 0.2) is 0 Å². The van der Waals surface area contributed by atoms with Gasteiger partial charge < -0.3 is 20.3 Å². The average Bonchev–Trinajstić information content (AvgIpc) is 2.72. The van der Waals surface area contributed by atoms with Crippen LogP contribution in [0.2, 0.25) is 0 Å². The Bertz CT molecular complexity index is 881. The highest BCUT2D eigenvalue weighted by Crippen LogP contribution is 2.26. The van der Waals surface area contributed by atoms with Crippen molar-refractivity contribution >= 4 is 23.1 Å². The van der Waals surface area contributed by atoms with Gasteiger partial charge in [-0.3, -0.25) is 14.9 Å². The Labute approximate surface area is 169 Å². The van der Waals surface area contributed by atoms with E-state index in [1.54, 1.807) is 18.3 Å². The molecule has 9 heteroatoms. The maximum absolute atomic E-state index is 12.1. The van der Waals surface area contributed by atoms with E-state index in [1.807, 2.05) is 26.0 Å². The molecule has 2 N–H and O–H groups in total. The summed E-state index contributed by atoms with van der Waals surface area (Å²) in [7, 11) is 0. The molecule has 0 unspecified atom stereocenters. The maximum Gasteiger partial charge on any atom is 0.293 e. The molecule has 29 heavy (non-hydrogen) atoms. The van der Waals surface area contributed by atoms with Crippen molar-refractivity contribution in [3.8, 4) is 0 Å². The molecule has 1 saturated heterocycles. The van der Waals surface area contributed by atoms with E-state index in [1.165, 1.54) is 6.07 Å². The molecule has 0 bridgehead atoms. The minimum atomic E-state index is -0.486. The Hall–Kier alpha value is -3.20. The summed E-state index contributed by atoms with van der Waals surface area (Å²) in [4.78, 5) is 29.7. The number of hydrogen-bond donors (Lipinski definition) is 2. The first-order chi connectivity index (χ1) is 13.9. The lowest BCUT2D eigenvalue weighted by Gasteiger charge is -2.28. The third-order valence-electron chi connectivity index (χ3n) is 4.50. The molecule has 1 aromatic heterocycles. The van der Waals surface area contributed by atoms with Crippen LogP contribution in [-0.4, -0.2) is 48.2 Å². The summed E-state index contributed by atoms with van der Waals surface area (Å²) < 4.78 is 5.37. The Morgan fingerprint density at radius 2 is 2.03 bits per heavy atom. The molecule has 1 aromatic carbocycles. The molecule has 1 amide bonds. The third-order valence-corrected chi connectivity index (χ3v) is 4.50. The lowest BCUT2D eigenvalue weighted by atomic mass is 10.1. The van der Waals surface area contributed by atoms with Gasteiger partial charge in [-0.25, -0.2) is 4.98 Å². The number of hydrogen-bond acceptors (Lipinski definition) is 7. The van der Waals surface area contributed by atoms with Crippen LogP contribution in [0.1, 0.15) is 29.8 Å². The number of aromatic nitrogens is 1. The molecule has 0 radical (unpaired) electrons. The second-order valence-corrected chi connectivity index (χ2v) is 7.09. The van der Waals surface area contributed by atoms with Crippen LogP contribution in [0, 0.1) is 10.1 Å². The van der Waals surface area contributed by atoms with Crippen molar-refractivity contribution in [2.75, 3.05) is 36.5 Å².